The van der Waals surface area contributed by atoms with Gasteiger partial charge in [-0.25, -0.2) is 0 Å². The molecule has 0 aromatic carbocycles. The first-order valence-corrected chi connectivity index (χ1v) is 4.44. The molecular weight excluding hydrogens is 333 g/mol. The molecule has 0 saturated carbocycles. The lowest BCUT2D eigenvalue weighted by Crippen LogP contribution is -2.08. The van der Waals surface area contributed by atoms with Gasteiger partial charge in [0.05, 0.1) is 9.26 Å². The van der Waals surface area contributed by atoms with E-state index in [1.807, 2.05) is 0 Å². The number of hydrogen-bond acceptors (Lipinski definition) is 2. The van der Waals surface area contributed by atoms with Crippen molar-refractivity contribution in [3.05, 3.63) is 15.0 Å². The molecule has 0 aliphatic carbocycles. The van der Waals surface area contributed by atoms with E-state index in [0.717, 1.165) is 4.68 Å². The molecule has 0 atom stereocenters. The maximum Gasteiger partial charge on any atom is 0.436 e. The minimum atomic E-state index is -4.40. The van der Waals surface area contributed by atoms with Gasteiger partial charge in [-0.15, -0.1) is 12.4 Å². The molecule has 0 radical (unpaired) electrons. The van der Waals surface area contributed by atoms with Gasteiger partial charge in [0.2, 0.25) is 0 Å². The summed E-state index contributed by atoms with van der Waals surface area (Å²) >= 11 is 1.60. The average molecular weight is 342 g/mol. The van der Waals surface area contributed by atoms with Gasteiger partial charge < -0.3 is 5.73 Å². The minimum Gasteiger partial charge on any atom is -0.325 e. The molecule has 0 aliphatic heterocycles. The Hall–Kier alpha value is -0.0200. The van der Waals surface area contributed by atoms with E-state index in [0.29, 0.717) is 5.69 Å². The molecule has 2 N–H and O–H groups in total. The van der Waals surface area contributed by atoms with Crippen LogP contribution in [0.3, 0.4) is 0 Å². The molecule has 0 aliphatic rings. The molecule has 0 fully saturated rings. The maximum atomic E-state index is 12.3. The number of nitrogens with zero attached hydrogens (tertiary/aromatic N) is 2. The summed E-state index contributed by atoms with van der Waals surface area (Å²) in [5.74, 6) is 0. The summed E-state index contributed by atoms with van der Waals surface area (Å²) in [5, 5.41) is 3.36. The second kappa shape index (κ2) is 4.67. The fourth-order valence-electron chi connectivity index (χ4n) is 0.936. The highest BCUT2D eigenvalue weighted by atomic mass is 127. The summed E-state index contributed by atoms with van der Waals surface area (Å²) < 4.78 is 38.0. The van der Waals surface area contributed by atoms with Crippen LogP contribution in [0.2, 0.25) is 0 Å². The van der Waals surface area contributed by atoms with E-state index < -0.39 is 11.9 Å². The molecule has 0 amide bonds. The fourth-order valence-corrected chi connectivity index (χ4v) is 1.92. The van der Waals surface area contributed by atoms with Gasteiger partial charge in [-0.1, -0.05) is 0 Å². The fraction of sp³-hybridized carbons (Fsp3) is 0.500. The smallest absolute Gasteiger partial charge is 0.325 e. The Labute approximate surface area is 98.4 Å². The highest BCUT2D eigenvalue weighted by Crippen LogP contribution is 2.32. The third-order valence-corrected chi connectivity index (χ3v) is 2.70. The Morgan fingerprint density at radius 3 is 2.21 bits per heavy atom. The summed E-state index contributed by atoms with van der Waals surface area (Å²) in [6, 6.07) is 0. The van der Waals surface area contributed by atoms with Gasteiger partial charge in [0.15, 0.2) is 5.69 Å². The number of nitrogens with two attached hydrogens (primary N) is 1. The molecule has 1 aromatic rings. The molecule has 0 spiro atoms. The molecule has 3 nitrogen and oxygen atoms in total. The third kappa shape index (κ3) is 2.51. The lowest BCUT2D eigenvalue weighted by atomic mass is 10.3. The van der Waals surface area contributed by atoms with Crippen LogP contribution in [0, 0.1) is 3.57 Å². The van der Waals surface area contributed by atoms with Crippen molar-refractivity contribution >= 4 is 35.0 Å². The van der Waals surface area contributed by atoms with Crippen LogP contribution in [-0.4, -0.2) is 9.78 Å². The number of rotatable bonds is 1. The van der Waals surface area contributed by atoms with Crippen LogP contribution in [0.25, 0.3) is 0 Å². The van der Waals surface area contributed by atoms with Gasteiger partial charge >= 0.3 is 6.18 Å². The highest BCUT2D eigenvalue weighted by molar-refractivity contribution is 14.1. The van der Waals surface area contributed by atoms with Crippen LogP contribution in [0.5, 0.6) is 0 Å². The zero-order valence-electron chi connectivity index (χ0n) is 7.10. The Morgan fingerprint density at radius 2 is 2.00 bits per heavy atom. The van der Waals surface area contributed by atoms with Crippen molar-refractivity contribution in [3.63, 3.8) is 0 Å². The molecule has 1 rings (SSSR count). The van der Waals surface area contributed by atoms with Gasteiger partial charge in [0.1, 0.15) is 0 Å². The largest absolute Gasteiger partial charge is 0.436 e. The van der Waals surface area contributed by atoms with Crippen molar-refractivity contribution < 1.29 is 13.2 Å². The van der Waals surface area contributed by atoms with E-state index in [-0.39, 0.29) is 22.5 Å². The molecule has 1 heterocycles. The first-order valence-electron chi connectivity index (χ1n) is 3.36. The van der Waals surface area contributed by atoms with E-state index in [4.69, 9.17) is 5.73 Å². The number of aromatic nitrogens is 2. The molecule has 82 valence electrons. The van der Waals surface area contributed by atoms with Crippen molar-refractivity contribution in [2.75, 3.05) is 0 Å². The zero-order chi connectivity index (χ0) is 10.2. The Bertz CT molecular complexity index is 323. The van der Waals surface area contributed by atoms with Crippen LogP contribution in [0.15, 0.2) is 0 Å². The highest BCUT2D eigenvalue weighted by Gasteiger charge is 2.37. The standard InChI is InChI=1S/C6H7F3IN3.ClH/c1-13-3(2-11)4(10)5(12-13)6(7,8)9;/h2,11H2,1H3;1H. The van der Waals surface area contributed by atoms with Crippen LogP contribution in [0.4, 0.5) is 13.2 Å². The van der Waals surface area contributed by atoms with Crippen molar-refractivity contribution in [2.24, 2.45) is 12.8 Å². The summed E-state index contributed by atoms with van der Waals surface area (Å²) in [7, 11) is 1.44. The molecule has 14 heavy (non-hydrogen) atoms. The van der Waals surface area contributed by atoms with Gasteiger partial charge in [-0.3, -0.25) is 4.68 Å². The number of hydrogen-bond donors (Lipinski definition) is 1. The van der Waals surface area contributed by atoms with Crippen LogP contribution < -0.4 is 5.73 Å². The van der Waals surface area contributed by atoms with Gasteiger partial charge in [0.25, 0.3) is 0 Å². The van der Waals surface area contributed by atoms with Crippen molar-refractivity contribution in [1.82, 2.24) is 9.78 Å². The van der Waals surface area contributed by atoms with Crippen molar-refractivity contribution in [2.45, 2.75) is 12.7 Å². The quantitative estimate of drug-likeness (QED) is 0.793. The summed E-state index contributed by atoms with van der Waals surface area (Å²) in [6.07, 6.45) is -4.40. The first-order chi connectivity index (χ1) is 5.88. The van der Waals surface area contributed by atoms with Gasteiger partial charge in [0, 0.05) is 13.6 Å². The van der Waals surface area contributed by atoms with Gasteiger partial charge in [-0.2, -0.15) is 18.3 Å². The summed E-state index contributed by atoms with van der Waals surface area (Å²) in [5.41, 5.74) is 4.81. The Balaban J connectivity index is 0.00000169. The average Bonchev–Trinajstić information content (AvgIpc) is 2.25. The summed E-state index contributed by atoms with van der Waals surface area (Å²) in [4.78, 5) is 0. The molecule has 1 aromatic heterocycles. The Morgan fingerprint density at radius 1 is 1.50 bits per heavy atom. The minimum absolute atomic E-state index is 0. The van der Waals surface area contributed by atoms with E-state index in [1.165, 1.54) is 7.05 Å². The SMILES string of the molecule is Cl.Cn1nc(C(F)(F)F)c(I)c1CN. The molecular formula is C6H8ClF3IN3. The molecule has 0 saturated heterocycles. The first kappa shape index (κ1) is 14.0. The van der Waals surface area contributed by atoms with Crippen molar-refractivity contribution in [1.29, 1.82) is 0 Å². The molecule has 8 heteroatoms. The number of aryl methyl sites for hydroxylation is 1. The van der Waals surface area contributed by atoms with Gasteiger partial charge in [-0.05, 0) is 22.6 Å². The number of alkyl halides is 3. The lowest BCUT2D eigenvalue weighted by molar-refractivity contribution is -0.142. The van der Waals surface area contributed by atoms with Crippen LogP contribution in [0.1, 0.15) is 11.4 Å². The molecule has 0 unspecified atom stereocenters. The Kier molecular flexibility index (Phi) is 4.66. The summed E-state index contributed by atoms with van der Waals surface area (Å²) in [6.45, 7) is 0.0534. The van der Waals surface area contributed by atoms with E-state index in [2.05, 4.69) is 5.10 Å². The predicted molar refractivity (Wildman–Crippen MR) is 56.1 cm³/mol. The van der Waals surface area contributed by atoms with E-state index in [1.54, 1.807) is 22.6 Å². The third-order valence-electron chi connectivity index (χ3n) is 1.56. The second-order valence-electron chi connectivity index (χ2n) is 2.43. The van der Waals surface area contributed by atoms with Crippen LogP contribution in [-0.2, 0) is 19.8 Å². The monoisotopic (exact) mass is 341 g/mol. The normalized spacial score (nSPS) is 11.3. The van der Waals surface area contributed by atoms with E-state index >= 15 is 0 Å². The van der Waals surface area contributed by atoms with Crippen molar-refractivity contribution in [3.8, 4) is 0 Å². The maximum absolute atomic E-state index is 12.3. The lowest BCUT2D eigenvalue weighted by Gasteiger charge is -2.01. The predicted octanol–water partition coefficient (Wildman–Crippen LogP) is 1.92. The topological polar surface area (TPSA) is 43.8 Å². The number of halogens is 5. The molecule has 0 bridgehead atoms. The van der Waals surface area contributed by atoms with E-state index in [9.17, 15) is 13.2 Å². The zero-order valence-corrected chi connectivity index (χ0v) is 10.1. The van der Waals surface area contributed by atoms with Crippen LogP contribution >= 0.6 is 35.0 Å². The second-order valence-corrected chi connectivity index (χ2v) is 3.51.